The van der Waals surface area contributed by atoms with Gasteiger partial charge >= 0.3 is 0 Å². The lowest BCUT2D eigenvalue weighted by molar-refractivity contribution is -0.139. The number of benzene rings is 3. The van der Waals surface area contributed by atoms with Crippen molar-refractivity contribution < 1.29 is 18.0 Å². The van der Waals surface area contributed by atoms with E-state index in [1.807, 2.05) is 51.1 Å². The Morgan fingerprint density at radius 1 is 0.923 bits per heavy atom. The molecule has 0 aliphatic carbocycles. The summed E-state index contributed by atoms with van der Waals surface area (Å²) in [6.07, 6.45) is 0.745. The van der Waals surface area contributed by atoms with Crippen molar-refractivity contribution in [2.45, 2.75) is 64.6 Å². The summed E-state index contributed by atoms with van der Waals surface area (Å²) in [6, 6.07) is 20.2. The Kier molecular flexibility index (Phi) is 10.3. The summed E-state index contributed by atoms with van der Waals surface area (Å²) in [5.74, 6) is -0.776. The molecule has 2 amide bonds. The van der Waals surface area contributed by atoms with Crippen molar-refractivity contribution in [3.8, 4) is 0 Å². The number of carbonyl (C=O) groups excluding carboxylic acids is 2. The molecule has 1 N–H and O–H groups in total. The molecule has 0 saturated heterocycles. The van der Waals surface area contributed by atoms with Crippen molar-refractivity contribution in [3.63, 3.8) is 0 Å². The Morgan fingerprint density at radius 3 is 2.13 bits per heavy atom. The Hall–Kier alpha value is -3.17. The fraction of sp³-hybridized carbons (Fsp3) is 0.333. The molecule has 0 aliphatic rings. The topological polar surface area (TPSA) is 86.8 Å². The molecule has 0 radical (unpaired) electrons. The van der Waals surface area contributed by atoms with E-state index in [0.29, 0.717) is 11.3 Å². The largest absolute Gasteiger partial charge is 0.352 e. The van der Waals surface area contributed by atoms with Gasteiger partial charge in [0.2, 0.25) is 11.8 Å². The predicted molar refractivity (Wildman–Crippen MR) is 159 cm³/mol. The lowest BCUT2D eigenvalue weighted by Gasteiger charge is -2.33. The summed E-state index contributed by atoms with van der Waals surface area (Å²) in [7, 11) is -4.09. The number of hydrogen-bond acceptors (Lipinski definition) is 4. The van der Waals surface area contributed by atoms with E-state index in [0.717, 1.165) is 26.3 Å². The number of para-hydroxylation sites is 1. The van der Waals surface area contributed by atoms with Gasteiger partial charge in [0, 0.05) is 17.1 Å². The van der Waals surface area contributed by atoms with Gasteiger partial charge in [0.25, 0.3) is 10.0 Å². The van der Waals surface area contributed by atoms with Crippen LogP contribution in [0.15, 0.2) is 82.2 Å². The van der Waals surface area contributed by atoms with Crippen molar-refractivity contribution in [2.24, 2.45) is 0 Å². The fourth-order valence-electron chi connectivity index (χ4n) is 4.03. The summed E-state index contributed by atoms with van der Waals surface area (Å²) < 4.78 is 29.9. The number of hydrogen-bond donors (Lipinski definition) is 1. The maximum Gasteiger partial charge on any atom is 0.264 e. The van der Waals surface area contributed by atoms with E-state index in [4.69, 9.17) is 0 Å². The number of carbonyl (C=O) groups is 2. The van der Waals surface area contributed by atoms with E-state index < -0.39 is 28.5 Å². The standard InChI is InChI=1S/C30H36BrN3O4S/c1-6-23(4)32-30(36)24(5)33(19-25-13-15-26(31)16-14-25)29(35)20-34(28-10-8-7-9-22(28)3)39(37,38)27-17-11-21(2)12-18-27/h7-18,23-24H,6,19-20H2,1-5H3,(H,32,36). The fourth-order valence-corrected chi connectivity index (χ4v) is 5.77. The molecule has 3 aromatic carbocycles. The maximum atomic E-state index is 14.0. The highest BCUT2D eigenvalue weighted by molar-refractivity contribution is 9.10. The van der Waals surface area contributed by atoms with Crippen LogP contribution >= 0.6 is 15.9 Å². The van der Waals surface area contributed by atoms with Crippen molar-refractivity contribution >= 4 is 43.5 Å². The maximum absolute atomic E-state index is 14.0. The van der Waals surface area contributed by atoms with E-state index in [1.54, 1.807) is 56.3 Å². The molecule has 0 saturated carbocycles. The van der Waals surface area contributed by atoms with E-state index >= 15 is 0 Å². The van der Waals surface area contributed by atoms with Crippen LogP contribution in [0.4, 0.5) is 5.69 Å². The van der Waals surface area contributed by atoms with Gasteiger partial charge in [-0.05, 0) is 75.6 Å². The molecule has 0 bridgehead atoms. The van der Waals surface area contributed by atoms with Gasteiger partial charge < -0.3 is 10.2 Å². The van der Waals surface area contributed by atoms with Crippen LogP contribution < -0.4 is 9.62 Å². The second kappa shape index (κ2) is 13.3. The average Bonchev–Trinajstić information content (AvgIpc) is 2.91. The zero-order chi connectivity index (χ0) is 28.7. The van der Waals surface area contributed by atoms with Gasteiger partial charge in [0.15, 0.2) is 0 Å². The van der Waals surface area contributed by atoms with E-state index in [9.17, 15) is 18.0 Å². The lowest BCUT2D eigenvalue weighted by Crippen LogP contribution is -2.52. The molecule has 7 nitrogen and oxygen atoms in total. The second-order valence-electron chi connectivity index (χ2n) is 9.75. The number of anilines is 1. The van der Waals surface area contributed by atoms with Crippen LogP contribution in [0, 0.1) is 13.8 Å². The van der Waals surface area contributed by atoms with Gasteiger partial charge in [-0.2, -0.15) is 0 Å². The van der Waals surface area contributed by atoms with E-state index in [-0.39, 0.29) is 23.4 Å². The minimum Gasteiger partial charge on any atom is -0.352 e. The van der Waals surface area contributed by atoms with Crippen molar-refractivity contribution in [3.05, 3.63) is 94.0 Å². The molecule has 0 fully saturated rings. The Labute approximate surface area is 240 Å². The smallest absolute Gasteiger partial charge is 0.264 e. The molecule has 0 heterocycles. The number of sulfonamides is 1. The first kappa shape index (κ1) is 30.4. The zero-order valence-corrected chi connectivity index (χ0v) is 25.4. The van der Waals surface area contributed by atoms with Crippen molar-refractivity contribution in [2.75, 3.05) is 10.8 Å². The molecule has 0 aliphatic heterocycles. The monoisotopic (exact) mass is 613 g/mol. The highest BCUT2D eigenvalue weighted by Crippen LogP contribution is 2.27. The lowest BCUT2D eigenvalue weighted by atomic mass is 10.1. The molecular formula is C30H36BrN3O4S. The molecule has 2 unspecified atom stereocenters. The Bertz CT molecular complexity index is 1390. The van der Waals surface area contributed by atoms with Gasteiger partial charge in [-0.3, -0.25) is 13.9 Å². The molecule has 9 heteroatoms. The highest BCUT2D eigenvalue weighted by atomic mass is 79.9. The number of amides is 2. The Balaban J connectivity index is 2.03. The van der Waals surface area contributed by atoms with Gasteiger partial charge in [-0.15, -0.1) is 0 Å². The van der Waals surface area contributed by atoms with Crippen LogP contribution in [0.25, 0.3) is 0 Å². The third-order valence-electron chi connectivity index (χ3n) is 6.71. The van der Waals surface area contributed by atoms with Crippen LogP contribution in [0.2, 0.25) is 0 Å². The van der Waals surface area contributed by atoms with Crippen LogP contribution in [0.3, 0.4) is 0 Å². The van der Waals surface area contributed by atoms with Gasteiger partial charge in [-0.1, -0.05) is 70.9 Å². The number of nitrogens with one attached hydrogen (secondary N) is 1. The third kappa shape index (κ3) is 7.70. The SMILES string of the molecule is CCC(C)NC(=O)C(C)N(Cc1ccc(Br)cc1)C(=O)CN(c1ccccc1C)S(=O)(=O)c1ccc(C)cc1. The van der Waals surface area contributed by atoms with Crippen molar-refractivity contribution in [1.82, 2.24) is 10.2 Å². The van der Waals surface area contributed by atoms with Gasteiger partial charge in [0.1, 0.15) is 12.6 Å². The number of rotatable bonds is 11. The first-order chi connectivity index (χ1) is 18.4. The first-order valence-electron chi connectivity index (χ1n) is 12.9. The summed E-state index contributed by atoms with van der Waals surface area (Å²) in [5, 5.41) is 2.94. The quantitative estimate of drug-likeness (QED) is 0.305. The van der Waals surface area contributed by atoms with E-state index in [2.05, 4.69) is 21.2 Å². The van der Waals surface area contributed by atoms with Crippen LogP contribution in [-0.4, -0.2) is 43.8 Å². The minimum atomic E-state index is -4.09. The van der Waals surface area contributed by atoms with Crippen LogP contribution in [-0.2, 0) is 26.2 Å². The Morgan fingerprint density at radius 2 is 1.54 bits per heavy atom. The molecule has 0 aromatic heterocycles. The highest BCUT2D eigenvalue weighted by Gasteiger charge is 2.33. The minimum absolute atomic E-state index is 0.0602. The number of aryl methyl sites for hydroxylation is 2. The summed E-state index contributed by atoms with van der Waals surface area (Å²) >= 11 is 3.42. The van der Waals surface area contributed by atoms with Gasteiger partial charge in [-0.25, -0.2) is 8.42 Å². The van der Waals surface area contributed by atoms with Crippen molar-refractivity contribution in [1.29, 1.82) is 0 Å². The molecule has 2 atom stereocenters. The number of nitrogens with zero attached hydrogens (tertiary/aromatic N) is 2. The molecule has 0 spiro atoms. The second-order valence-corrected chi connectivity index (χ2v) is 12.5. The molecule has 3 rings (SSSR count). The first-order valence-corrected chi connectivity index (χ1v) is 15.2. The predicted octanol–water partition coefficient (Wildman–Crippen LogP) is 5.59. The summed E-state index contributed by atoms with van der Waals surface area (Å²) in [5.41, 5.74) is 2.86. The summed E-state index contributed by atoms with van der Waals surface area (Å²) in [6.45, 7) is 8.91. The van der Waals surface area contributed by atoms with Crippen LogP contribution in [0.5, 0.6) is 0 Å². The molecule has 39 heavy (non-hydrogen) atoms. The zero-order valence-electron chi connectivity index (χ0n) is 23.0. The molecule has 3 aromatic rings. The van der Waals surface area contributed by atoms with Gasteiger partial charge in [0.05, 0.1) is 10.6 Å². The van der Waals surface area contributed by atoms with Crippen LogP contribution in [0.1, 0.15) is 43.9 Å². The third-order valence-corrected chi connectivity index (χ3v) is 9.01. The average molecular weight is 615 g/mol. The molecular weight excluding hydrogens is 578 g/mol. The van der Waals surface area contributed by atoms with E-state index in [1.165, 1.54) is 4.90 Å². The number of halogens is 1. The normalized spacial score (nSPS) is 12.9. The molecule has 208 valence electrons. The summed E-state index contributed by atoms with van der Waals surface area (Å²) in [4.78, 5) is 28.6.